The third-order valence-electron chi connectivity index (χ3n) is 1.55. The average Bonchev–Trinajstić information content (AvgIpc) is 1.64. The Labute approximate surface area is 49.9 Å². The van der Waals surface area contributed by atoms with Crippen molar-refractivity contribution in [2.45, 2.75) is 19.4 Å². The van der Waals surface area contributed by atoms with Crippen LogP contribution in [0.4, 0.5) is 0 Å². The molecule has 0 aromatic heterocycles. The van der Waals surface area contributed by atoms with Crippen molar-refractivity contribution in [3.63, 3.8) is 0 Å². The lowest BCUT2D eigenvalue weighted by atomic mass is 10.0. The van der Waals surface area contributed by atoms with E-state index in [-0.39, 0.29) is 6.10 Å². The van der Waals surface area contributed by atoms with Gasteiger partial charge in [-0.1, -0.05) is 6.92 Å². The zero-order chi connectivity index (χ0) is 5.98. The predicted octanol–water partition coefficient (Wildman–Crippen LogP) is -0.0233. The molecular formula is C6H13NO. The molecule has 0 aromatic carbocycles. The normalized spacial score (nSPS) is 39.8. The molecule has 0 unspecified atom stereocenters. The highest BCUT2D eigenvalue weighted by Gasteiger charge is 2.14. The van der Waals surface area contributed by atoms with Gasteiger partial charge in [0.15, 0.2) is 0 Å². The van der Waals surface area contributed by atoms with E-state index >= 15 is 0 Å². The maximum atomic E-state index is 9.02. The summed E-state index contributed by atoms with van der Waals surface area (Å²) in [6.45, 7) is 4.00. The minimum absolute atomic E-state index is 0.0984. The van der Waals surface area contributed by atoms with E-state index < -0.39 is 0 Å². The number of hydrogen-bond donors (Lipinski definition) is 2. The van der Waals surface area contributed by atoms with Crippen molar-refractivity contribution in [1.82, 2.24) is 5.32 Å². The molecule has 8 heavy (non-hydrogen) atoms. The second-order valence-electron chi connectivity index (χ2n) is 2.65. The molecule has 0 radical (unpaired) electrons. The van der Waals surface area contributed by atoms with Crippen molar-refractivity contribution in [3.8, 4) is 0 Å². The summed E-state index contributed by atoms with van der Waals surface area (Å²) in [4.78, 5) is 0. The first-order valence-electron chi connectivity index (χ1n) is 3.18. The van der Waals surface area contributed by atoms with Crippen LogP contribution in [0.5, 0.6) is 0 Å². The Hall–Kier alpha value is -0.0800. The molecule has 2 heteroatoms. The summed E-state index contributed by atoms with van der Waals surface area (Å²) in [5.41, 5.74) is 0. The standard InChI is InChI=1S/C6H13NO/c1-5-2-6(8)4-7-3-5/h5-8H,2-4H2,1H3/t5-,6-/m1/s1. The largest absolute Gasteiger partial charge is 0.392 e. The molecule has 1 fully saturated rings. The first kappa shape index (κ1) is 6.05. The van der Waals surface area contributed by atoms with Gasteiger partial charge in [0.2, 0.25) is 0 Å². The fourth-order valence-electron chi connectivity index (χ4n) is 1.13. The highest BCUT2D eigenvalue weighted by atomic mass is 16.3. The Morgan fingerprint density at radius 3 is 2.62 bits per heavy atom. The van der Waals surface area contributed by atoms with E-state index in [4.69, 9.17) is 5.11 Å². The quantitative estimate of drug-likeness (QED) is 0.465. The Bertz CT molecular complexity index is 66.9. The van der Waals surface area contributed by atoms with Gasteiger partial charge in [0.1, 0.15) is 0 Å². The smallest absolute Gasteiger partial charge is 0.0667 e. The number of aliphatic hydroxyl groups excluding tert-OH is 1. The molecule has 2 N–H and O–H groups in total. The summed E-state index contributed by atoms with van der Waals surface area (Å²) >= 11 is 0. The van der Waals surface area contributed by atoms with Crippen molar-refractivity contribution < 1.29 is 5.11 Å². The number of piperidine rings is 1. The van der Waals surface area contributed by atoms with Gasteiger partial charge in [0.25, 0.3) is 0 Å². The fourth-order valence-corrected chi connectivity index (χ4v) is 1.13. The first-order valence-corrected chi connectivity index (χ1v) is 3.18. The van der Waals surface area contributed by atoms with Crippen LogP contribution >= 0.6 is 0 Å². The van der Waals surface area contributed by atoms with Gasteiger partial charge in [-0.05, 0) is 18.9 Å². The van der Waals surface area contributed by atoms with Crippen molar-refractivity contribution >= 4 is 0 Å². The van der Waals surface area contributed by atoms with Crippen molar-refractivity contribution in [2.75, 3.05) is 13.1 Å². The zero-order valence-electron chi connectivity index (χ0n) is 5.22. The molecule has 0 aromatic rings. The maximum absolute atomic E-state index is 9.02. The molecule has 1 heterocycles. The van der Waals surface area contributed by atoms with Gasteiger partial charge in [0, 0.05) is 6.54 Å². The molecule has 48 valence electrons. The Morgan fingerprint density at radius 1 is 1.50 bits per heavy atom. The van der Waals surface area contributed by atoms with Crippen LogP contribution in [0.1, 0.15) is 13.3 Å². The number of hydrogen-bond acceptors (Lipinski definition) is 2. The Morgan fingerprint density at radius 2 is 2.25 bits per heavy atom. The average molecular weight is 115 g/mol. The van der Waals surface area contributed by atoms with Gasteiger partial charge in [-0.2, -0.15) is 0 Å². The van der Waals surface area contributed by atoms with E-state index in [1.54, 1.807) is 0 Å². The summed E-state index contributed by atoms with van der Waals surface area (Å²) in [6, 6.07) is 0. The summed E-state index contributed by atoms with van der Waals surface area (Å²) in [7, 11) is 0. The van der Waals surface area contributed by atoms with Gasteiger partial charge in [-0.15, -0.1) is 0 Å². The minimum atomic E-state index is -0.0984. The summed E-state index contributed by atoms with van der Waals surface area (Å²) in [6.07, 6.45) is 0.867. The van der Waals surface area contributed by atoms with Crippen LogP contribution in [0.2, 0.25) is 0 Å². The van der Waals surface area contributed by atoms with Crippen LogP contribution in [-0.2, 0) is 0 Å². The molecule has 0 bridgehead atoms. The molecule has 0 aliphatic carbocycles. The molecule has 0 spiro atoms. The highest BCUT2D eigenvalue weighted by molar-refractivity contribution is 4.71. The van der Waals surface area contributed by atoms with E-state index in [0.29, 0.717) is 5.92 Å². The van der Waals surface area contributed by atoms with E-state index in [9.17, 15) is 0 Å². The summed E-state index contributed by atoms with van der Waals surface area (Å²) in [5, 5.41) is 12.2. The van der Waals surface area contributed by atoms with E-state index in [2.05, 4.69) is 12.2 Å². The molecule has 0 saturated carbocycles. The Kier molecular flexibility index (Phi) is 1.86. The van der Waals surface area contributed by atoms with Crippen molar-refractivity contribution in [1.29, 1.82) is 0 Å². The SMILES string of the molecule is C[C@H]1CNC[C@H](O)C1. The molecule has 1 aliphatic rings. The van der Waals surface area contributed by atoms with Crippen LogP contribution in [-0.4, -0.2) is 24.3 Å². The van der Waals surface area contributed by atoms with Crippen molar-refractivity contribution in [3.05, 3.63) is 0 Å². The molecule has 1 aliphatic heterocycles. The molecule has 1 saturated heterocycles. The van der Waals surface area contributed by atoms with Crippen LogP contribution in [0, 0.1) is 5.92 Å². The van der Waals surface area contributed by atoms with Gasteiger partial charge in [-0.25, -0.2) is 0 Å². The number of β-amino-alcohol motifs (C(OH)–C–C–N with tert-alkyl or cyclic N) is 1. The second kappa shape index (κ2) is 2.46. The van der Waals surface area contributed by atoms with E-state index in [1.807, 2.05) is 0 Å². The zero-order valence-corrected chi connectivity index (χ0v) is 5.22. The first-order chi connectivity index (χ1) is 3.79. The molecule has 0 amide bonds. The maximum Gasteiger partial charge on any atom is 0.0667 e. The van der Waals surface area contributed by atoms with Gasteiger partial charge in [-0.3, -0.25) is 0 Å². The number of nitrogens with one attached hydrogen (secondary N) is 1. The lowest BCUT2D eigenvalue weighted by molar-refractivity contribution is 0.119. The molecule has 2 atom stereocenters. The molecular weight excluding hydrogens is 102 g/mol. The summed E-state index contributed by atoms with van der Waals surface area (Å²) in [5.74, 6) is 0.652. The summed E-state index contributed by atoms with van der Waals surface area (Å²) < 4.78 is 0. The van der Waals surface area contributed by atoms with Crippen LogP contribution in [0.15, 0.2) is 0 Å². The minimum Gasteiger partial charge on any atom is -0.392 e. The molecule has 2 nitrogen and oxygen atoms in total. The fraction of sp³-hybridized carbons (Fsp3) is 1.00. The van der Waals surface area contributed by atoms with E-state index in [0.717, 1.165) is 19.5 Å². The van der Waals surface area contributed by atoms with Crippen LogP contribution < -0.4 is 5.32 Å². The van der Waals surface area contributed by atoms with Gasteiger partial charge >= 0.3 is 0 Å². The topological polar surface area (TPSA) is 32.3 Å². The van der Waals surface area contributed by atoms with Crippen LogP contribution in [0.25, 0.3) is 0 Å². The third kappa shape index (κ3) is 1.46. The number of rotatable bonds is 0. The number of aliphatic hydroxyl groups is 1. The van der Waals surface area contributed by atoms with Crippen molar-refractivity contribution in [2.24, 2.45) is 5.92 Å². The lowest BCUT2D eigenvalue weighted by Crippen LogP contribution is -2.38. The monoisotopic (exact) mass is 115 g/mol. The molecule has 1 rings (SSSR count). The predicted molar refractivity (Wildman–Crippen MR) is 32.7 cm³/mol. The Balaban J connectivity index is 2.23. The second-order valence-corrected chi connectivity index (χ2v) is 2.65. The third-order valence-corrected chi connectivity index (χ3v) is 1.55. The van der Waals surface area contributed by atoms with Gasteiger partial charge in [0.05, 0.1) is 6.10 Å². The van der Waals surface area contributed by atoms with Crippen LogP contribution in [0.3, 0.4) is 0 Å². The van der Waals surface area contributed by atoms with E-state index in [1.165, 1.54) is 0 Å². The van der Waals surface area contributed by atoms with Gasteiger partial charge < -0.3 is 10.4 Å². The highest BCUT2D eigenvalue weighted by Crippen LogP contribution is 2.07. The lowest BCUT2D eigenvalue weighted by Gasteiger charge is -2.23.